The maximum atomic E-state index is 11.1. The van der Waals surface area contributed by atoms with E-state index >= 15 is 0 Å². The summed E-state index contributed by atoms with van der Waals surface area (Å²) in [7, 11) is 0. The molecule has 2 aromatic rings. The van der Waals surface area contributed by atoms with Crippen molar-refractivity contribution in [1.29, 1.82) is 0 Å². The molecule has 21 heavy (non-hydrogen) atoms. The second-order valence-corrected chi connectivity index (χ2v) is 6.57. The average Bonchev–Trinajstić information content (AvgIpc) is 2.89. The Balaban J connectivity index is 1.84. The molecule has 0 fully saturated rings. The van der Waals surface area contributed by atoms with E-state index in [0.717, 1.165) is 29.2 Å². The van der Waals surface area contributed by atoms with Crippen LogP contribution in [0.2, 0.25) is 0 Å². The number of aryl methyl sites for hydroxylation is 1. The van der Waals surface area contributed by atoms with Gasteiger partial charge in [0.2, 0.25) is 0 Å². The third-order valence-corrected chi connectivity index (χ3v) is 5.10. The van der Waals surface area contributed by atoms with Crippen LogP contribution in [0.25, 0.3) is 10.6 Å². The first kappa shape index (κ1) is 14.2. The number of hydrogen-bond donors (Lipinski definition) is 1. The van der Waals surface area contributed by atoms with E-state index in [2.05, 4.69) is 31.2 Å². The van der Waals surface area contributed by atoms with Gasteiger partial charge in [-0.2, -0.15) is 0 Å². The summed E-state index contributed by atoms with van der Waals surface area (Å²) >= 11 is 1.68. The van der Waals surface area contributed by atoms with Gasteiger partial charge in [-0.25, -0.2) is 4.98 Å². The van der Waals surface area contributed by atoms with Gasteiger partial charge in [0, 0.05) is 30.0 Å². The zero-order valence-corrected chi connectivity index (χ0v) is 13.0. The van der Waals surface area contributed by atoms with Crippen LogP contribution >= 0.6 is 11.3 Å². The lowest BCUT2D eigenvalue weighted by Crippen LogP contribution is -2.41. The molecular formula is C16H18N2O2S. The molecule has 0 bridgehead atoms. The number of nitrogens with zero attached hydrogens (tertiary/aromatic N) is 2. The van der Waals surface area contributed by atoms with Gasteiger partial charge < -0.3 is 5.11 Å². The topological polar surface area (TPSA) is 53.4 Å². The van der Waals surface area contributed by atoms with Crippen molar-refractivity contribution >= 4 is 17.3 Å². The van der Waals surface area contributed by atoms with Crippen LogP contribution in [0, 0.1) is 6.92 Å². The second-order valence-electron chi connectivity index (χ2n) is 5.49. The summed E-state index contributed by atoms with van der Waals surface area (Å²) in [5, 5.41) is 10.2. The molecule has 4 nitrogen and oxygen atoms in total. The number of fused-ring (bicyclic) bond motifs is 1. The maximum Gasteiger partial charge on any atom is 0.320 e. The highest BCUT2D eigenvalue weighted by Crippen LogP contribution is 2.32. The molecule has 2 heterocycles. The van der Waals surface area contributed by atoms with Crippen molar-refractivity contribution in [2.24, 2.45) is 0 Å². The van der Waals surface area contributed by atoms with Gasteiger partial charge in [0.25, 0.3) is 0 Å². The third kappa shape index (κ3) is 2.84. The van der Waals surface area contributed by atoms with E-state index in [1.165, 1.54) is 10.4 Å². The van der Waals surface area contributed by atoms with Gasteiger partial charge in [-0.3, -0.25) is 9.69 Å². The van der Waals surface area contributed by atoms with Gasteiger partial charge >= 0.3 is 5.97 Å². The van der Waals surface area contributed by atoms with E-state index in [1.54, 1.807) is 18.3 Å². The summed E-state index contributed by atoms with van der Waals surface area (Å²) in [5.74, 6) is -0.762. The molecular weight excluding hydrogens is 284 g/mol. The summed E-state index contributed by atoms with van der Waals surface area (Å²) in [6.07, 6.45) is 0.829. The van der Waals surface area contributed by atoms with Crippen molar-refractivity contribution in [3.8, 4) is 10.6 Å². The highest BCUT2D eigenvalue weighted by atomic mass is 32.1. The van der Waals surface area contributed by atoms with Gasteiger partial charge in [0.15, 0.2) is 0 Å². The lowest BCUT2D eigenvalue weighted by molar-refractivity contribution is -0.142. The minimum Gasteiger partial charge on any atom is -0.480 e. The van der Waals surface area contributed by atoms with Crippen molar-refractivity contribution in [3.63, 3.8) is 0 Å². The molecule has 0 radical (unpaired) electrons. The Labute approximate surface area is 128 Å². The normalized spacial score (nSPS) is 16.5. The van der Waals surface area contributed by atoms with E-state index in [9.17, 15) is 4.79 Å². The SMILES string of the molecule is Cc1ccc(-c2nc3c(s2)CN(C(C)C(=O)O)CC3)cc1. The molecule has 1 N–H and O–H groups in total. The van der Waals surface area contributed by atoms with E-state index < -0.39 is 12.0 Å². The molecule has 0 aliphatic carbocycles. The smallest absolute Gasteiger partial charge is 0.320 e. The van der Waals surface area contributed by atoms with Crippen LogP contribution < -0.4 is 0 Å². The van der Waals surface area contributed by atoms with Crippen LogP contribution in [-0.4, -0.2) is 33.5 Å². The van der Waals surface area contributed by atoms with Crippen molar-refractivity contribution in [2.75, 3.05) is 6.54 Å². The predicted molar refractivity (Wildman–Crippen MR) is 83.5 cm³/mol. The van der Waals surface area contributed by atoms with Crippen molar-refractivity contribution < 1.29 is 9.90 Å². The van der Waals surface area contributed by atoms with Crippen molar-refractivity contribution in [3.05, 3.63) is 40.4 Å². The van der Waals surface area contributed by atoms with Crippen LogP contribution in [0.5, 0.6) is 0 Å². The molecule has 0 saturated heterocycles. The summed E-state index contributed by atoms with van der Waals surface area (Å²) in [4.78, 5) is 19.0. The van der Waals surface area contributed by atoms with Gasteiger partial charge in [-0.15, -0.1) is 11.3 Å². The highest BCUT2D eigenvalue weighted by molar-refractivity contribution is 7.15. The Morgan fingerprint density at radius 2 is 2.10 bits per heavy atom. The average molecular weight is 302 g/mol. The van der Waals surface area contributed by atoms with Gasteiger partial charge in [0.05, 0.1) is 5.69 Å². The molecule has 0 saturated carbocycles. The summed E-state index contributed by atoms with van der Waals surface area (Å²) in [6, 6.07) is 7.93. The minimum absolute atomic E-state index is 0.442. The van der Waals surface area contributed by atoms with Crippen LogP contribution in [0.15, 0.2) is 24.3 Å². The van der Waals surface area contributed by atoms with Crippen LogP contribution in [0.3, 0.4) is 0 Å². The third-order valence-electron chi connectivity index (χ3n) is 3.96. The Bertz CT molecular complexity index is 663. The lowest BCUT2D eigenvalue weighted by Gasteiger charge is -2.28. The maximum absolute atomic E-state index is 11.1. The first-order valence-corrected chi connectivity index (χ1v) is 7.88. The zero-order valence-electron chi connectivity index (χ0n) is 12.2. The number of hydrogen-bond acceptors (Lipinski definition) is 4. The van der Waals surface area contributed by atoms with Crippen LogP contribution in [-0.2, 0) is 17.8 Å². The highest BCUT2D eigenvalue weighted by Gasteiger charge is 2.27. The number of aromatic nitrogens is 1. The fourth-order valence-corrected chi connectivity index (χ4v) is 3.66. The lowest BCUT2D eigenvalue weighted by atomic mass is 10.1. The second kappa shape index (κ2) is 5.58. The molecule has 1 atom stereocenters. The summed E-state index contributed by atoms with van der Waals surface area (Å²) in [6.45, 7) is 5.26. The number of rotatable bonds is 3. The number of carbonyl (C=O) groups is 1. The largest absolute Gasteiger partial charge is 0.480 e. The Morgan fingerprint density at radius 3 is 2.76 bits per heavy atom. The number of benzene rings is 1. The fourth-order valence-electron chi connectivity index (χ4n) is 2.52. The first-order valence-electron chi connectivity index (χ1n) is 7.07. The standard InChI is InChI=1S/C16H18N2O2S/c1-10-3-5-12(6-4-10)15-17-13-7-8-18(9-14(13)21-15)11(2)16(19)20/h3-6,11H,7-9H2,1-2H3,(H,19,20). The first-order chi connectivity index (χ1) is 10.0. The number of aliphatic carboxylic acids is 1. The van der Waals surface area contributed by atoms with E-state index in [1.807, 2.05) is 4.90 Å². The molecule has 1 aliphatic rings. The molecule has 0 spiro atoms. The zero-order chi connectivity index (χ0) is 15.0. The molecule has 110 valence electrons. The molecule has 0 amide bonds. The van der Waals surface area contributed by atoms with Gasteiger partial charge in [-0.1, -0.05) is 29.8 Å². The van der Waals surface area contributed by atoms with E-state index in [-0.39, 0.29) is 0 Å². The van der Waals surface area contributed by atoms with Crippen LogP contribution in [0.4, 0.5) is 0 Å². The number of carboxylic acid groups (broad SMARTS) is 1. The van der Waals surface area contributed by atoms with Gasteiger partial charge in [-0.05, 0) is 13.8 Å². The summed E-state index contributed by atoms with van der Waals surface area (Å²) in [5.41, 5.74) is 3.50. The van der Waals surface area contributed by atoms with E-state index in [4.69, 9.17) is 10.1 Å². The van der Waals surface area contributed by atoms with Crippen LogP contribution in [0.1, 0.15) is 23.1 Å². The van der Waals surface area contributed by atoms with Gasteiger partial charge in [0.1, 0.15) is 11.0 Å². The molecule has 5 heteroatoms. The Hall–Kier alpha value is -1.72. The Morgan fingerprint density at radius 1 is 1.38 bits per heavy atom. The molecule has 1 unspecified atom stereocenters. The number of thiazole rings is 1. The predicted octanol–water partition coefficient (Wildman–Crippen LogP) is 2.95. The van der Waals surface area contributed by atoms with E-state index in [0.29, 0.717) is 6.54 Å². The van der Waals surface area contributed by atoms with Crippen molar-refractivity contribution in [2.45, 2.75) is 32.9 Å². The number of carboxylic acids is 1. The fraction of sp³-hybridized carbons (Fsp3) is 0.375. The molecule has 1 aliphatic heterocycles. The quantitative estimate of drug-likeness (QED) is 0.947. The summed E-state index contributed by atoms with van der Waals surface area (Å²) < 4.78 is 0. The monoisotopic (exact) mass is 302 g/mol. The molecule has 1 aromatic heterocycles. The molecule has 1 aromatic carbocycles. The Kier molecular flexibility index (Phi) is 3.78. The molecule has 3 rings (SSSR count). The minimum atomic E-state index is -0.762. The van der Waals surface area contributed by atoms with Crippen molar-refractivity contribution in [1.82, 2.24) is 9.88 Å².